The average Bonchev–Trinajstić information content (AvgIpc) is 3.09. The van der Waals surface area contributed by atoms with E-state index in [2.05, 4.69) is 10.3 Å². The molecule has 1 amide bonds. The van der Waals surface area contributed by atoms with E-state index in [1.54, 1.807) is 38.4 Å². The van der Waals surface area contributed by atoms with E-state index in [-0.39, 0.29) is 23.1 Å². The Morgan fingerprint density at radius 3 is 2.61 bits per heavy atom. The molecule has 0 spiro atoms. The van der Waals surface area contributed by atoms with Crippen molar-refractivity contribution in [3.8, 4) is 11.4 Å². The molecule has 0 aliphatic rings. The van der Waals surface area contributed by atoms with E-state index in [1.165, 1.54) is 10.8 Å². The van der Waals surface area contributed by atoms with Crippen molar-refractivity contribution in [2.45, 2.75) is 6.54 Å². The Labute approximate surface area is 181 Å². The van der Waals surface area contributed by atoms with Gasteiger partial charge in [0.25, 0.3) is 11.5 Å². The average molecular weight is 439 g/mol. The standard InChI is InChI=1S/C22H19ClN4O4/c1-26-12-17(20(28)24-11-13-4-3-5-16(10-13)31-2)18-19(26)21(29)27(22(30)25-18)15-8-6-14(23)7-9-15/h3-10,12H,11H2,1-2H3,(H,24,28)(H,25,30). The van der Waals surface area contributed by atoms with Crippen molar-refractivity contribution in [1.29, 1.82) is 0 Å². The van der Waals surface area contributed by atoms with Crippen molar-refractivity contribution in [1.82, 2.24) is 19.4 Å². The summed E-state index contributed by atoms with van der Waals surface area (Å²) >= 11 is 5.90. The molecule has 4 aromatic rings. The molecule has 0 unspecified atom stereocenters. The number of methoxy groups -OCH3 is 1. The molecule has 2 N–H and O–H groups in total. The molecule has 8 nitrogen and oxygen atoms in total. The maximum absolute atomic E-state index is 13.1. The van der Waals surface area contributed by atoms with E-state index in [1.807, 2.05) is 24.3 Å². The first kappa shape index (κ1) is 20.5. The number of hydrogen-bond acceptors (Lipinski definition) is 4. The Morgan fingerprint density at radius 2 is 1.90 bits per heavy atom. The minimum Gasteiger partial charge on any atom is -0.497 e. The molecule has 2 aromatic heterocycles. The van der Waals surface area contributed by atoms with E-state index in [4.69, 9.17) is 16.3 Å². The third-order valence-electron chi connectivity index (χ3n) is 4.94. The lowest BCUT2D eigenvalue weighted by Gasteiger charge is -2.07. The summed E-state index contributed by atoms with van der Waals surface area (Å²) in [4.78, 5) is 41.3. The highest BCUT2D eigenvalue weighted by molar-refractivity contribution is 6.30. The summed E-state index contributed by atoms with van der Waals surface area (Å²) in [6.07, 6.45) is 1.52. The number of carbonyl (C=O) groups excluding carboxylic acids is 1. The van der Waals surface area contributed by atoms with Crippen LogP contribution in [-0.2, 0) is 13.6 Å². The fraction of sp³-hybridized carbons (Fsp3) is 0.136. The van der Waals surface area contributed by atoms with Crippen LogP contribution in [0.1, 0.15) is 15.9 Å². The number of H-pyrrole nitrogens is 1. The van der Waals surface area contributed by atoms with E-state index in [0.717, 1.165) is 10.1 Å². The Hall–Kier alpha value is -3.78. The monoisotopic (exact) mass is 438 g/mol. The Kier molecular flexibility index (Phi) is 5.39. The van der Waals surface area contributed by atoms with E-state index in [9.17, 15) is 14.4 Å². The van der Waals surface area contributed by atoms with Crippen molar-refractivity contribution in [3.05, 3.63) is 91.7 Å². The highest BCUT2D eigenvalue weighted by Gasteiger charge is 2.20. The fourth-order valence-electron chi connectivity index (χ4n) is 3.43. The van der Waals surface area contributed by atoms with Crippen LogP contribution >= 0.6 is 11.6 Å². The highest BCUT2D eigenvalue weighted by atomic mass is 35.5. The molecule has 9 heteroatoms. The second-order valence-corrected chi connectivity index (χ2v) is 7.40. The van der Waals surface area contributed by atoms with Gasteiger partial charge in [-0.1, -0.05) is 23.7 Å². The van der Waals surface area contributed by atoms with Crippen LogP contribution in [0.25, 0.3) is 16.7 Å². The van der Waals surface area contributed by atoms with Crippen LogP contribution in [0.3, 0.4) is 0 Å². The van der Waals surface area contributed by atoms with Gasteiger partial charge in [0, 0.05) is 24.8 Å². The molecule has 0 radical (unpaired) electrons. The number of hydrogen-bond donors (Lipinski definition) is 2. The number of fused-ring (bicyclic) bond motifs is 1. The molecule has 0 bridgehead atoms. The first-order chi connectivity index (χ1) is 14.9. The van der Waals surface area contributed by atoms with Gasteiger partial charge in [-0.2, -0.15) is 0 Å². The zero-order valence-electron chi connectivity index (χ0n) is 16.8. The SMILES string of the molecule is COc1cccc(CNC(=O)c2cn(C)c3c(=O)n(-c4ccc(Cl)cc4)c(=O)[nH]c23)c1. The molecule has 2 aromatic carbocycles. The number of ether oxygens (including phenoxy) is 1. The number of aromatic nitrogens is 3. The second kappa shape index (κ2) is 8.16. The van der Waals surface area contributed by atoms with Gasteiger partial charge in [-0.25, -0.2) is 9.36 Å². The van der Waals surface area contributed by atoms with Gasteiger partial charge in [0.2, 0.25) is 0 Å². The molecule has 0 aliphatic heterocycles. The van der Waals surface area contributed by atoms with Gasteiger partial charge in [0.05, 0.1) is 23.9 Å². The third kappa shape index (κ3) is 3.85. The van der Waals surface area contributed by atoms with Crippen LogP contribution in [0, 0.1) is 0 Å². The summed E-state index contributed by atoms with van der Waals surface area (Å²) in [6, 6.07) is 13.7. The lowest BCUT2D eigenvalue weighted by molar-refractivity contribution is 0.0952. The van der Waals surface area contributed by atoms with Crippen LogP contribution < -0.4 is 21.3 Å². The fourth-order valence-corrected chi connectivity index (χ4v) is 3.55. The van der Waals surface area contributed by atoms with Gasteiger partial charge < -0.3 is 19.6 Å². The Morgan fingerprint density at radius 1 is 1.16 bits per heavy atom. The van der Waals surface area contributed by atoms with E-state index >= 15 is 0 Å². The predicted molar refractivity (Wildman–Crippen MR) is 118 cm³/mol. The molecule has 0 aliphatic carbocycles. The highest BCUT2D eigenvalue weighted by Crippen LogP contribution is 2.17. The number of nitrogens with zero attached hydrogens (tertiary/aromatic N) is 2. The van der Waals surface area contributed by atoms with Gasteiger partial charge in [-0.3, -0.25) is 9.59 Å². The topological polar surface area (TPSA) is 98.1 Å². The normalized spacial score (nSPS) is 10.9. The van der Waals surface area contributed by atoms with Crippen LogP contribution in [0.4, 0.5) is 0 Å². The molecule has 0 saturated heterocycles. The Balaban J connectivity index is 1.71. The molecular weight excluding hydrogens is 420 g/mol. The van der Waals surface area contributed by atoms with Crippen molar-refractivity contribution in [2.75, 3.05) is 7.11 Å². The van der Waals surface area contributed by atoms with E-state index in [0.29, 0.717) is 16.5 Å². The zero-order chi connectivity index (χ0) is 22.1. The number of amides is 1. The van der Waals surface area contributed by atoms with Crippen LogP contribution in [0.5, 0.6) is 5.75 Å². The van der Waals surface area contributed by atoms with Crippen molar-refractivity contribution < 1.29 is 9.53 Å². The van der Waals surface area contributed by atoms with E-state index < -0.39 is 17.2 Å². The van der Waals surface area contributed by atoms with Crippen LogP contribution in [0.2, 0.25) is 5.02 Å². The predicted octanol–water partition coefficient (Wildman–Crippen LogP) is 2.61. The second-order valence-electron chi connectivity index (χ2n) is 6.96. The molecule has 4 rings (SSSR count). The van der Waals surface area contributed by atoms with Crippen LogP contribution in [-0.4, -0.2) is 27.1 Å². The minimum atomic E-state index is -0.645. The van der Waals surface area contributed by atoms with Gasteiger partial charge in [0.1, 0.15) is 11.3 Å². The van der Waals surface area contributed by atoms with Gasteiger partial charge >= 0.3 is 5.69 Å². The van der Waals surface area contributed by atoms with Crippen molar-refractivity contribution in [3.63, 3.8) is 0 Å². The number of aromatic amines is 1. The van der Waals surface area contributed by atoms with Gasteiger partial charge in [0.15, 0.2) is 0 Å². The summed E-state index contributed by atoms with van der Waals surface area (Å²) in [6.45, 7) is 0.262. The quantitative estimate of drug-likeness (QED) is 0.500. The van der Waals surface area contributed by atoms with Gasteiger partial charge in [-0.05, 0) is 42.0 Å². The first-order valence-corrected chi connectivity index (χ1v) is 9.78. The maximum Gasteiger partial charge on any atom is 0.333 e. The molecule has 31 heavy (non-hydrogen) atoms. The number of nitrogens with one attached hydrogen (secondary N) is 2. The Bertz CT molecular complexity index is 1400. The molecule has 0 fully saturated rings. The van der Waals surface area contributed by atoms with Crippen molar-refractivity contribution >= 4 is 28.5 Å². The summed E-state index contributed by atoms with van der Waals surface area (Å²) < 4.78 is 7.73. The number of carbonyl (C=O) groups is 1. The summed E-state index contributed by atoms with van der Waals surface area (Å²) in [5.74, 6) is 0.275. The maximum atomic E-state index is 13.1. The number of aryl methyl sites for hydroxylation is 1. The number of halogens is 1. The lowest BCUT2D eigenvalue weighted by Crippen LogP contribution is -2.34. The molecule has 2 heterocycles. The summed E-state index contributed by atoms with van der Waals surface area (Å²) in [7, 11) is 3.22. The third-order valence-corrected chi connectivity index (χ3v) is 5.19. The van der Waals surface area contributed by atoms with Crippen molar-refractivity contribution in [2.24, 2.45) is 7.05 Å². The van der Waals surface area contributed by atoms with Gasteiger partial charge in [-0.15, -0.1) is 0 Å². The molecular formula is C22H19ClN4O4. The zero-order valence-corrected chi connectivity index (χ0v) is 17.6. The number of rotatable bonds is 5. The lowest BCUT2D eigenvalue weighted by atomic mass is 10.2. The largest absolute Gasteiger partial charge is 0.497 e. The summed E-state index contributed by atoms with van der Waals surface area (Å²) in [5.41, 5.74) is 0.655. The molecule has 0 atom stereocenters. The number of benzene rings is 2. The first-order valence-electron chi connectivity index (χ1n) is 9.40. The molecule has 0 saturated carbocycles. The smallest absolute Gasteiger partial charge is 0.333 e. The molecule has 158 valence electrons. The van der Waals surface area contributed by atoms with Crippen LogP contribution in [0.15, 0.2) is 64.3 Å². The summed E-state index contributed by atoms with van der Waals surface area (Å²) in [5, 5.41) is 3.30. The minimum absolute atomic E-state index is 0.186.